The maximum atomic E-state index is 13.4. The van der Waals surface area contributed by atoms with Gasteiger partial charge in [-0.3, -0.25) is 0 Å². The zero-order valence-corrected chi connectivity index (χ0v) is 13.7. The Morgan fingerprint density at radius 1 is 0.905 bits per heavy atom. The zero-order chi connectivity index (χ0) is 14.3. The van der Waals surface area contributed by atoms with Gasteiger partial charge in [0, 0.05) is 28.1 Å². The third-order valence-corrected chi connectivity index (χ3v) is 5.28. The summed E-state index contributed by atoms with van der Waals surface area (Å²) < 4.78 is 40.6. The first-order valence-electron chi connectivity index (χ1n) is 5.84. The van der Waals surface area contributed by atoms with Crippen LogP contribution in [0.15, 0.2) is 54.6 Å². The van der Waals surface area contributed by atoms with Crippen molar-refractivity contribution in [2.24, 2.45) is 0 Å². The Labute approximate surface area is 137 Å². The molecule has 0 N–H and O–H groups in total. The largest absolute Gasteiger partial charge is 1.00 e. The summed E-state index contributed by atoms with van der Waals surface area (Å²) in [5.41, 5.74) is -3.71. The summed E-state index contributed by atoms with van der Waals surface area (Å²) in [4.78, 5) is 0.301. The molecule has 1 unspecified atom stereocenters. The maximum Gasteiger partial charge on any atom is 0.601 e. The van der Waals surface area contributed by atoms with Gasteiger partial charge in [-0.05, 0) is 24.3 Å². The molecule has 0 saturated carbocycles. The van der Waals surface area contributed by atoms with Crippen molar-refractivity contribution in [3.8, 4) is 10.4 Å². The van der Waals surface area contributed by atoms with E-state index in [4.69, 9.17) is 11.6 Å². The van der Waals surface area contributed by atoms with Crippen LogP contribution in [0.5, 0.6) is 0 Å². The number of thiophene rings is 1. The Kier molecular flexibility index (Phi) is 4.66. The lowest BCUT2D eigenvalue weighted by atomic mass is 10.1. The predicted molar refractivity (Wildman–Crippen MR) is 78.2 cm³/mol. The molecule has 21 heavy (non-hydrogen) atoms. The van der Waals surface area contributed by atoms with Gasteiger partial charge in [0.05, 0.1) is 0 Å². The Bertz CT molecular complexity index is 766. The number of hydrogen-bond donors (Lipinski definition) is 0. The van der Waals surface area contributed by atoms with E-state index in [9.17, 15) is 13.2 Å². The lowest BCUT2D eigenvalue weighted by Gasteiger charge is -2.00. The Balaban J connectivity index is 0.00000161. The molecule has 3 rings (SSSR count). The highest BCUT2D eigenvalue weighted by atomic mass is 79.9. The van der Waals surface area contributed by atoms with Gasteiger partial charge in [-0.1, -0.05) is 29.8 Å². The topological polar surface area (TPSA) is 0 Å². The predicted octanol–water partition coefficient (Wildman–Crippen LogP) is 3.39. The van der Waals surface area contributed by atoms with Crippen LogP contribution in [-0.2, 0) is 5.51 Å². The van der Waals surface area contributed by atoms with Crippen molar-refractivity contribution >= 4 is 32.2 Å². The minimum Gasteiger partial charge on any atom is -1.00 e. The molecule has 0 fully saturated rings. The fourth-order valence-corrected chi connectivity index (χ4v) is 4.37. The molecule has 110 valence electrons. The minimum absolute atomic E-state index is 0. The summed E-state index contributed by atoms with van der Waals surface area (Å²) in [6.45, 7) is 0. The van der Waals surface area contributed by atoms with Gasteiger partial charge in [0.1, 0.15) is 10.5 Å². The van der Waals surface area contributed by atoms with E-state index in [0.717, 1.165) is 0 Å². The van der Waals surface area contributed by atoms with Gasteiger partial charge < -0.3 is 17.0 Å². The third kappa shape index (κ3) is 3.10. The highest BCUT2D eigenvalue weighted by Gasteiger charge is 2.48. The van der Waals surface area contributed by atoms with Gasteiger partial charge in [0.25, 0.3) is 0 Å². The van der Waals surface area contributed by atoms with Crippen LogP contribution < -0.4 is 17.0 Å². The van der Waals surface area contributed by atoms with Crippen LogP contribution in [0.25, 0.3) is 20.5 Å². The quantitative estimate of drug-likeness (QED) is 0.556. The smallest absolute Gasteiger partial charge is 0.601 e. The Morgan fingerprint density at radius 3 is 2.19 bits per heavy atom. The van der Waals surface area contributed by atoms with E-state index in [0.29, 0.717) is 20.8 Å². The average molecular weight is 394 g/mol. The van der Waals surface area contributed by atoms with E-state index in [1.165, 1.54) is 6.07 Å². The summed E-state index contributed by atoms with van der Waals surface area (Å²) in [7, 11) is -1.94. The van der Waals surface area contributed by atoms with E-state index in [-0.39, 0.29) is 21.7 Å². The fraction of sp³-hybridized carbons (Fsp3) is 0.0667. The molecule has 2 aromatic carbocycles. The van der Waals surface area contributed by atoms with E-state index < -0.39 is 16.0 Å². The first kappa shape index (κ1) is 16.3. The highest BCUT2D eigenvalue weighted by molar-refractivity contribution is 7.41. The van der Waals surface area contributed by atoms with Crippen LogP contribution in [0.4, 0.5) is 13.2 Å². The second kappa shape index (κ2) is 5.99. The van der Waals surface area contributed by atoms with Crippen LogP contribution in [0.3, 0.4) is 0 Å². The Hall–Kier alpha value is -1.04. The molecule has 1 atom stereocenters. The van der Waals surface area contributed by atoms with Crippen molar-refractivity contribution in [3.05, 3.63) is 59.6 Å². The zero-order valence-electron chi connectivity index (χ0n) is 10.5. The molecule has 0 aliphatic rings. The summed E-state index contributed by atoms with van der Waals surface area (Å²) in [5.74, 6) is 0. The lowest BCUT2D eigenvalue weighted by Crippen LogP contribution is -3.00. The maximum absolute atomic E-state index is 13.4. The molecular weight excluding hydrogens is 385 g/mol. The molecule has 0 aliphatic heterocycles. The van der Waals surface area contributed by atoms with E-state index >= 15 is 0 Å². The van der Waals surface area contributed by atoms with Crippen LogP contribution in [-0.4, -0.2) is 0 Å². The summed E-state index contributed by atoms with van der Waals surface area (Å²) in [5, 5.41) is 0.919. The highest BCUT2D eigenvalue weighted by Crippen LogP contribution is 2.54. The van der Waals surface area contributed by atoms with Crippen LogP contribution in [0.1, 0.15) is 0 Å². The van der Waals surface area contributed by atoms with Gasteiger partial charge in [0.15, 0.2) is 9.58 Å². The molecule has 1 heterocycles. The van der Waals surface area contributed by atoms with Crippen LogP contribution in [0, 0.1) is 0 Å². The van der Waals surface area contributed by atoms with E-state index in [2.05, 4.69) is 0 Å². The second-order valence-corrected chi connectivity index (χ2v) is 6.70. The number of halogens is 5. The summed E-state index contributed by atoms with van der Waals surface area (Å²) >= 11 is 5.85. The number of fused-ring (bicyclic) bond motifs is 1. The van der Waals surface area contributed by atoms with Crippen molar-refractivity contribution in [1.29, 1.82) is 0 Å². The first-order valence-corrected chi connectivity index (χ1v) is 7.45. The molecule has 3 aromatic rings. The summed E-state index contributed by atoms with van der Waals surface area (Å²) in [6, 6.07) is 14.9. The molecule has 0 spiro atoms. The fourth-order valence-electron chi connectivity index (χ4n) is 2.18. The molecule has 0 amide bonds. The van der Waals surface area contributed by atoms with Crippen LogP contribution in [0.2, 0.25) is 5.02 Å². The molecule has 0 bridgehead atoms. The van der Waals surface area contributed by atoms with E-state index in [1.807, 2.05) is 0 Å². The third-order valence-electron chi connectivity index (χ3n) is 2.99. The Morgan fingerprint density at radius 2 is 1.57 bits per heavy atom. The average Bonchev–Trinajstić information content (AvgIpc) is 2.78. The van der Waals surface area contributed by atoms with Crippen LogP contribution >= 0.6 is 22.1 Å². The standard InChI is InChI=1S/C15H9ClF3S.BrH/c16-12-7-6-11-8-13(10-4-2-1-3-5-10)20(14(11)9-12)15(17,18)19;/h1-9H;1H/q+1;/p-1. The normalized spacial score (nSPS) is 12.3. The van der Waals surface area contributed by atoms with Crippen molar-refractivity contribution in [1.82, 2.24) is 0 Å². The molecule has 6 heteroatoms. The number of rotatable bonds is 1. The lowest BCUT2D eigenvalue weighted by molar-refractivity contribution is -0.0864. The molecule has 0 radical (unpaired) electrons. The number of benzene rings is 2. The molecule has 0 nitrogen and oxygen atoms in total. The summed E-state index contributed by atoms with van der Waals surface area (Å²) in [6.07, 6.45) is 0. The number of hydrogen-bond acceptors (Lipinski definition) is 0. The van der Waals surface area contributed by atoms with Gasteiger partial charge in [-0.2, -0.15) is 0 Å². The molecule has 1 aromatic heterocycles. The van der Waals surface area contributed by atoms with Gasteiger partial charge in [0.2, 0.25) is 0 Å². The second-order valence-electron chi connectivity index (χ2n) is 4.31. The van der Waals surface area contributed by atoms with Gasteiger partial charge in [-0.25, -0.2) is 0 Å². The van der Waals surface area contributed by atoms with Gasteiger partial charge >= 0.3 is 5.51 Å². The van der Waals surface area contributed by atoms with Crippen molar-refractivity contribution < 1.29 is 30.2 Å². The van der Waals surface area contributed by atoms with Crippen molar-refractivity contribution in [2.75, 3.05) is 0 Å². The van der Waals surface area contributed by atoms with Gasteiger partial charge in [-0.15, -0.1) is 13.2 Å². The molecular formula is C15H9BrClF3S. The minimum atomic E-state index is -4.31. The molecule has 0 aliphatic carbocycles. The van der Waals surface area contributed by atoms with Crippen molar-refractivity contribution in [3.63, 3.8) is 0 Å². The number of alkyl halides is 3. The van der Waals surface area contributed by atoms with Crippen molar-refractivity contribution in [2.45, 2.75) is 5.51 Å². The monoisotopic (exact) mass is 392 g/mol. The SMILES string of the molecule is FC(F)(F)[s+]1c(-c2ccccc2)cc2ccc(Cl)cc21.[Br-]. The van der Waals surface area contributed by atoms with E-state index in [1.54, 1.807) is 48.5 Å². The molecule has 0 saturated heterocycles. The first-order chi connectivity index (χ1) is 9.47.